The molecular weight excluding hydrogens is 362 g/mol. The SMILES string of the molecule is CCn1c(Cn2cccn2)nc2cc(NC(=O)c3ccc(Cl)cc3)ccc21. The van der Waals surface area contributed by atoms with E-state index >= 15 is 0 Å². The lowest BCUT2D eigenvalue weighted by Crippen LogP contribution is -2.11. The van der Waals surface area contributed by atoms with E-state index in [1.165, 1.54) is 0 Å². The number of nitrogens with zero attached hydrogens (tertiary/aromatic N) is 4. The van der Waals surface area contributed by atoms with Gasteiger partial charge in [-0.25, -0.2) is 4.98 Å². The van der Waals surface area contributed by atoms with E-state index in [2.05, 4.69) is 21.9 Å². The molecule has 136 valence electrons. The molecule has 0 aliphatic rings. The second kappa shape index (κ2) is 7.25. The average Bonchev–Trinajstić information content (AvgIpc) is 3.29. The molecule has 0 unspecified atom stereocenters. The van der Waals surface area contributed by atoms with Crippen molar-refractivity contribution in [2.45, 2.75) is 20.0 Å². The zero-order valence-corrected chi connectivity index (χ0v) is 15.5. The van der Waals surface area contributed by atoms with Crippen molar-refractivity contribution in [1.82, 2.24) is 19.3 Å². The van der Waals surface area contributed by atoms with Gasteiger partial charge in [-0.2, -0.15) is 5.10 Å². The zero-order chi connectivity index (χ0) is 18.8. The van der Waals surface area contributed by atoms with Crippen LogP contribution in [0.15, 0.2) is 60.9 Å². The fourth-order valence-electron chi connectivity index (χ4n) is 3.07. The highest BCUT2D eigenvalue weighted by Gasteiger charge is 2.12. The van der Waals surface area contributed by atoms with Gasteiger partial charge in [-0.05, 0) is 55.5 Å². The number of benzene rings is 2. The number of amides is 1. The second-order valence-corrected chi connectivity index (χ2v) is 6.58. The third kappa shape index (κ3) is 3.57. The molecule has 0 fully saturated rings. The van der Waals surface area contributed by atoms with Crippen LogP contribution >= 0.6 is 11.6 Å². The standard InChI is InChI=1S/C20H18ClN5O/c1-2-26-18-9-8-16(23-20(27)14-4-6-15(21)7-5-14)12-17(18)24-19(26)13-25-11-3-10-22-25/h3-12H,2,13H2,1H3,(H,23,27). The van der Waals surface area contributed by atoms with Crippen molar-refractivity contribution >= 4 is 34.2 Å². The number of rotatable bonds is 5. The molecule has 4 rings (SSSR count). The summed E-state index contributed by atoms with van der Waals surface area (Å²) in [4.78, 5) is 17.2. The fraction of sp³-hybridized carbons (Fsp3) is 0.150. The van der Waals surface area contributed by atoms with Gasteiger partial charge < -0.3 is 9.88 Å². The number of carbonyl (C=O) groups is 1. The van der Waals surface area contributed by atoms with E-state index < -0.39 is 0 Å². The van der Waals surface area contributed by atoms with Crippen molar-refractivity contribution in [2.75, 3.05) is 5.32 Å². The van der Waals surface area contributed by atoms with Crippen LogP contribution in [0.3, 0.4) is 0 Å². The molecule has 0 radical (unpaired) electrons. The van der Waals surface area contributed by atoms with Gasteiger partial charge in [-0.3, -0.25) is 9.48 Å². The summed E-state index contributed by atoms with van der Waals surface area (Å²) in [5, 5.41) is 7.76. The summed E-state index contributed by atoms with van der Waals surface area (Å²) in [7, 11) is 0. The first-order valence-electron chi connectivity index (χ1n) is 8.67. The Bertz CT molecular complexity index is 1080. The van der Waals surface area contributed by atoms with Crippen LogP contribution in [-0.4, -0.2) is 25.2 Å². The predicted molar refractivity (Wildman–Crippen MR) is 106 cm³/mol. The van der Waals surface area contributed by atoms with Crippen molar-refractivity contribution in [1.29, 1.82) is 0 Å². The normalized spacial score (nSPS) is 11.0. The van der Waals surface area contributed by atoms with E-state index in [9.17, 15) is 4.79 Å². The Morgan fingerprint density at radius 2 is 2.00 bits per heavy atom. The summed E-state index contributed by atoms with van der Waals surface area (Å²) in [5.74, 6) is 0.745. The van der Waals surface area contributed by atoms with Crippen LogP contribution in [0.2, 0.25) is 5.02 Å². The second-order valence-electron chi connectivity index (χ2n) is 6.14. The van der Waals surface area contributed by atoms with Crippen LogP contribution in [0.1, 0.15) is 23.1 Å². The summed E-state index contributed by atoms with van der Waals surface area (Å²) >= 11 is 5.88. The zero-order valence-electron chi connectivity index (χ0n) is 14.8. The van der Waals surface area contributed by atoms with Crippen molar-refractivity contribution in [3.63, 3.8) is 0 Å². The molecule has 2 heterocycles. The van der Waals surface area contributed by atoms with Crippen molar-refractivity contribution in [2.24, 2.45) is 0 Å². The van der Waals surface area contributed by atoms with E-state index in [0.29, 0.717) is 22.8 Å². The first-order chi connectivity index (χ1) is 13.1. The highest BCUT2D eigenvalue weighted by Crippen LogP contribution is 2.22. The van der Waals surface area contributed by atoms with Gasteiger partial charge in [-0.1, -0.05) is 11.6 Å². The van der Waals surface area contributed by atoms with E-state index in [4.69, 9.17) is 16.6 Å². The topological polar surface area (TPSA) is 64.7 Å². The minimum Gasteiger partial charge on any atom is -0.327 e. The van der Waals surface area contributed by atoms with E-state index in [1.807, 2.05) is 35.1 Å². The number of halogens is 1. The molecule has 6 nitrogen and oxygen atoms in total. The summed E-state index contributed by atoms with van der Waals surface area (Å²) in [5.41, 5.74) is 3.13. The molecule has 4 aromatic rings. The Hall–Kier alpha value is -3.12. The molecule has 0 atom stereocenters. The summed E-state index contributed by atoms with van der Waals surface area (Å²) in [6.45, 7) is 3.50. The van der Waals surface area contributed by atoms with Gasteiger partial charge in [0.1, 0.15) is 5.82 Å². The Morgan fingerprint density at radius 3 is 2.70 bits per heavy atom. The molecule has 1 N–H and O–H groups in total. The number of nitrogens with one attached hydrogen (secondary N) is 1. The average molecular weight is 380 g/mol. The Kier molecular flexibility index (Phi) is 4.64. The Labute approximate surface area is 161 Å². The summed E-state index contributed by atoms with van der Waals surface area (Å²) in [6.07, 6.45) is 3.67. The number of imidazole rings is 1. The highest BCUT2D eigenvalue weighted by atomic mass is 35.5. The number of anilines is 1. The van der Waals surface area contributed by atoms with Crippen molar-refractivity contribution in [3.05, 3.63) is 77.3 Å². The molecule has 0 aliphatic heterocycles. The van der Waals surface area contributed by atoms with Crippen molar-refractivity contribution in [3.8, 4) is 0 Å². The van der Waals surface area contributed by atoms with Gasteiger partial charge in [0.2, 0.25) is 0 Å². The summed E-state index contributed by atoms with van der Waals surface area (Å²) < 4.78 is 4.00. The first kappa shape index (κ1) is 17.3. The lowest BCUT2D eigenvalue weighted by atomic mass is 10.2. The molecule has 0 saturated carbocycles. The Morgan fingerprint density at radius 1 is 1.19 bits per heavy atom. The van der Waals surface area contributed by atoms with E-state index in [1.54, 1.807) is 30.5 Å². The quantitative estimate of drug-likeness (QED) is 0.565. The molecule has 0 spiro atoms. The van der Waals surface area contributed by atoms with Crippen LogP contribution < -0.4 is 5.32 Å². The molecule has 2 aromatic heterocycles. The smallest absolute Gasteiger partial charge is 0.255 e. The number of fused-ring (bicyclic) bond motifs is 1. The van der Waals surface area contributed by atoms with Gasteiger partial charge >= 0.3 is 0 Å². The fourth-order valence-corrected chi connectivity index (χ4v) is 3.20. The van der Waals surface area contributed by atoms with Crippen molar-refractivity contribution < 1.29 is 4.79 Å². The van der Waals surface area contributed by atoms with Crippen LogP contribution in [0.25, 0.3) is 11.0 Å². The molecule has 0 saturated heterocycles. The molecule has 2 aromatic carbocycles. The molecule has 7 heteroatoms. The maximum Gasteiger partial charge on any atom is 0.255 e. The summed E-state index contributed by atoms with van der Waals surface area (Å²) in [6, 6.07) is 14.4. The predicted octanol–water partition coefficient (Wildman–Crippen LogP) is 4.21. The monoisotopic (exact) mass is 379 g/mol. The largest absolute Gasteiger partial charge is 0.327 e. The number of hydrogen-bond acceptors (Lipinski definition) is 3. The van der Waals surface area contributed by atoms with E-state index in [0.717, 1.165) is 23.4 Å². The molecular formula is C20H18ClN5O. The minimum absolute atomic E-state index is 0.183. The third-order valence-corrected chi connectivity index (χ3v) is 4.62. The highest BCUT2D eigenvalue weighted by molar-refractivity contribution is 6.30. The lowest BCUT2D eigenvalue weighted by Gasteiger charge is -2.07. The number of aromatic nitrogens is 4. The maximum atomic E-state index is 12.4. The maximum absolute atomic E-state index is 12.4. The first-order valence-corrected chi connectivity index (χ1v) is 9.05. The van der Waals surface area contributed by atoms with Crippen LogP contribution in [-0.2, 0) is 13.1 Å². The van der Waals surface area contributed by atoms with Gasteiger partial charge in [0.15, 0.2) is 0 Å². The molecule has 27 heavy (non-hydrogen) atoms. The van der Waals surface area contributed by atoms with Gasteiger partial charge in [0.25, 0.3) is 5.91 Å². The molecule has 0 bridgehead atoms. The number of carbonyl (C=O) groups excluding carboxylic acids is 1. The van der Waals surface area contributed by atoms with Gasteiger partial charge in [0, 0.05) is 35.2 Å². The van der Waals surface area contributed by atoms with E-state index in [-0.39, 0.29) is 5.91 Å². The molecule has 0 aliphatic carbocycles. The van der Waals surface area contributed by atoms with Gasteiger partial charge in [0.05, 0.1) is 17.6 Å². The lowest BCUT2D eigenvalue weighted by molar-refractivity contribution is 0.102. The minimum atomic E-state index is -0.183. The Balaban J connectivity index is 1.61. The van der Waals surface area contributed by atoms with Crippen LogP contribution in [0, 0.1) is 0 Å². The number of aryl methyl sites for hydroxylation is 1. The van der Waals surface area contributed by atoms with Crippen LogP contribution in [0.4, 0.5) is 5.69 Å². The third-order valence-electron chi connectivity index (χ3n) is 4.37. The number of hydrogen-bond donors (Lipinski definition) is 1. The van der Waals surface area contributed by atoms with Gasteiger partial charge in [-0.15, -0.1) is 0 Å². The molecule has 1 amide bonds. The van der Waals surface area contributed by atoms with Crippen LogP contribution in [0.5, 0.6) is 0 Å².